The molecule has 1 amide bonds. The van der Waals surface area contributed by atoms with Gasteiger partial charge in [-0.25, -0.2) is 0 Å². The van der Waals surface area contributed by atoms with Gasteiger partial charge in [0.15, 0.2) is 0 Å². The Morgan fingerprint density at radius 2 is 1.71 bits per heavy atom. The molecule has 5 heteroatoms. The molecule has 24 heavy (non-hydrogen) atoms. The number of rotatable bonds is 9. The summed E-state index contributed by atoms with van der Waals surface area (Å²) in [6.45, 7) is 1.94. The van der Waals surface area contributed by atoms with Gasteiger partial charge >= 0.3 is 5.97 Å². The molecule has 132 valence electrons. The van der Waals surface area contributed by atoms with Crippen LogP contribution in [0.3, 0.4) is 0 Å². The minimum Gasteiger partial charge on any atom is -0.481 e. The molecular weight excluding hydrogens is 306 g/mol. The summed E-state index contributed by atoms with van der Waals surface area (Å²) in [5, 5.41) is 11.9. The molecule has 1 aromatic carbocycles. The lowest BCUT2D eigenvalue weighted by molar-refractivity contribution is -0.144. The van der Waals surface area contributed by atoms with Crippen molar-refractivity contribution in [2.45, 2.75) is 38.5 Å². The predicted molar refractivity (Wildman–Crippen MR) is 91.7 cm³/mol. The van der Waals surface area contributed by atoms with Crippen molar-refractivity contribution < 1.29 is 19.4 Å². The number of carboxylic acid groups (broad SMARTS) is 1. The smallest absolute Gasteiger partial charge is 0.306 e. The number of ether oxygens (including phenoxy) is 1. The first-order valence-corrected chi connectivity index (χ1v) is 8.79. The molecule has 1 aliphatic rings. The fourth-order valence-electron chi connectivity index (χ4n) is 3.07. The van der Waals surface area contributed by atoms with Gasteiger partial charge < -0.3 is 15.2 Å². The molecule has 5 nitrogen and oxygen atoms in total. The second kappa shape index (κ2) is 10.1. The summed E-state index contributed by atoms with van der Waals surface area (Å²) in [5.74, 6) is -0.976. The third-order valence-corrected chi connectivity index (χ3v) is 4.59. The Kier molecular flexibility index (Phi) is 7.75. The Hall–Kier alpha value is -1.88. The lowest BCUT2D eigenvalue weighted by atomic mass is 9.81. The maximum absolute atomic E-state index is 12.0. The largest absolute Gasteiger partial charge is 0.481 e. The molecule has 1 saturated carbocycles. The summed E-state index contributed by atoms with van der Waals surface area (Å²) in [6, 6.07) is 10.2. The Morgan fingerprint density at radius 3 is 2.38 bits per heavy atom. The quantitative estimate of drug-likeness (QED) is 0.681. The zero-order valence-corrected chi connectivity index (χ0v) is 14.1. The number of carbonyl (C=O) groups is 2. The van der Waals surface area contributed by atoms with Crippen LogP contribution < -0.4 is 5.32 Å². The van der Waals surface area contributed by atoms with E-state index >= 15 is 0 Å². The second-order valence-electron chi connectivity index (χ2n) is 6.38. The van der Waals surface area contributed by atoms with Crippen molar-refractivity contribution in [3.63, 3.8) is 0 Å². The van der Waals surface area contributed by atoms with Gasteiger partial charge in [-0.3, -0.25) is 9.59 Å². The Labute approximate surface area is 143 Å². The topological polar surface area (TPSA) is 75.6 Å². The molecule has 0 saturated heterocycles. The van der Waals surface area contributed by atoms with Gasteiger partial charge in [0.05, 0.1) is 12.5 Å². The first kappa shape index (κ1) is 18.5. The number of hydrogen-bond acceptors (Lipinski definition) is 3. The lowest BCUT2D eigenvalue weighted by Crippen LogP contribution is -2.35. The van der Waals surface area contributed by atoms with Gasteiger partial charge in [0.2, 0.25) is 5.91 Å². The maximum Gasteiger partial charge on any atom is 0.306 e. The summed E-state index contributed by atoms with van der Waals surface area (Å²) in [7, 11) is 0. The molecule has 0 unspecified atom stereocenters. The van der Waals surface area contributed by atoms with Gasteiger partial charge in [-0.2, -0.15) is 0 Å². The van der Waals surface area contributed by atoms with E-state index in [4.69, 9.17) is 9.84 Å². The van der Waals surface area contributed by atoms with Crippen LogP contribution in [0.25, 0.3) is 0 Å². The van der Waals surface area contributed by atoms with Crippen LogP contribution in [0.1, 0.15) is 37.7 Å². The van der Waals surface area contributed by atoms with E-state index < -0.39 is 5.97 Å². The molecule has 0 aliphatic heterocycles. The van der Waals surface area contributed by atoms with Crippen LogP contribution in [-0.2, 0) is 20.7 Å². The van der Waals surface area contributed by atoms with Gasteiger partial charge in [0.1, 0.15) is 0 Å². The highest BCUT2D eigenvalue weighted by atomic mass is 16.5. The first-order valence-electron chi connectivity index (χ1n) is 8.79. The zero-order chi connectivity index (χ0) is 17.2. The number of carbonyl (C=O) groups excluding carboxylic acids is 1. The highest BCUT2D eigenvalue weighted by Crippen LogP contribution is 2.28. The minimum absolute atomic E-state index is 0.0281. The predicted octanol–water partition coefficient (Wildman–Crippen LogP) is 2.64. The van der Waals surface area contributed by atoms with Crippen LogP contribution in [-0.4, -0.2) is 36.7 Å². The number of hydrogen-bond donors (Lipinski definition) is 2. The summed E-state index contributed by atoms with van der Waals surface area (Å²) >= 11 is 0. The summed E-state index contributed by atoms with van der Waals surface area (Å²) in [5.41, 5.74) is 1.27. The van der Waals surface area contributed by atoms with Crippen LogP contribution in [0.2, 0.25) is 0 Å². The highest BCUT2D eigenvalue weighted by molar-refractivity contribution is 5.79. The minimum atomic E-state index is -0.735. The molecule has 0 atom stereocenters. The van der Waals surface area contributed by atoms with Gasteiger partial charge in [0.25, 0.3) is 0 Å². The van der Waals surface area contributed by atoms with Gasteiger partial charge in [0, 0.05) is 19.1 Å². The molecule has 0 radical (unpaired) electrons. The molecule has 0 aromatic heterocycles. The Bertz CT molecular complexity index is 509. The van der Waals surface area contributed by atoms with Crippen molar-refractivity contribution in [2.75, 3.05) is 19.8 Å². The van der Waals surface area contributed by atoms with Gasteiger partial charge in [-0.1, -0.05) is 30.3 Å². The number of carboxylic acids is 1. The molecule has 1 aliphatic carbocycles. The second-order valence-corrected chi connectivity index (χ2v) is 6.38. The Morgan fingerprint density at radius 1 is 1.04 bits per heavy atom. The number of aliphatic carboxylic acids is 1. The van der Waals surface area contributed by atoms with E-state index in [9.17, 15) is 9.59 Å². The van der Waals surface area contributed by atoms with Crippen molar-refractivity contribution in [3.8, 4) is 0 Å². The molecule has 2 rings (SSSR count). The van der Waals surface area contributed by atoms with Gasteiger partial charge in [-0.15, -0.1) is 0 Å². The molecule has 0 heterocycles. The fraction of sp³-hybridized carbons (Fsp3) is 0.579. The van der Waals surface area contributed by atoms with Crippen LogP contribution in [0.15, 0.2) is 30.3 Å². The zero-order valence-electron chi connectivity index (χ0n) is 14.1. The maximum atomic E-state index is 12.0. The average molecular weight is 333 g/mol. The van der Waals surface area contributed by atoms with Crippen molar-refractivity contribution in [2.24, 2.45) is 11.8 Å². The van der Waals surface area contributed by atoms with E-state index in [2.05, 4.69) is 17.4 Å². The number of amides is 1. The van der Waals surface area contributed by atoms with Crippen LogP contribution in [0.4, 0.5) is 0 Å². The highest BCUT2D eigenvalue weighted by Gasteiger charge is 2.29. The van der Waals surface area contributed by atoms with E-state index in [1.807, 2.05) is 18.2 Å². The number of nitrogens with one attached hydrogen (secondary N) is 1. The molecule has 0 spiro atoms. The first-order chi connectivity index (χ1) is 11.7. The van der Waals surface area contributed by atoms with E-state index in [1.54, 1.807) is 0 Å². The molecule has 1 fully saturated rings. The van der Waals surface area contributed by atoms with Crippen LogP contribution in [0, 0.1) is 11.8 Å². The van der Waals surface area contributed by atoms with Crippen LogP contribution >= 0.6 is 0 Å². The van der Waals surface area contributed by atoms with Crippen molar-refractivity contribution >= 4 is 11.9 Å². The summed E-state index contributed by atoms with van der Waals surface area (Å²) in [4.78, 5) is 23.0. The molecule has 2 N–H and O–H groups in total. The fourth-order valence-corrected chi connectivity index (χ4v) is 3.07. The summed E-state index contributed by atoms with van der Waals surface area (Å²) < 4.78 is 5.59. The third kappa shape index (κ3) is 6.32. The van der Waals surface area contributed by atoms with Crippen molar-refractivity contribution in [1.29, 1.82) is 0 Å². The SMILES string of the molecule is O=C(O)C1CCC(C(=O)NCCCOCCc2ccccc2)CC1. The standard InChI is InChI=1S/C19H27NO4/c21-18(16-7-9-17(10-8-16)19(22)23)20-12-4-13-24-14-11-15-5-2-1-3-6-15/h1-3,5-6,16-17H,4,7-14H2,(H,20,21)(H,22,23). The summed E-state index contributed by atoms with van der Waals surface area (Å²) in [6.07, 6.45) is 4.27. The van der Waals surface area contributed by atoms with E-state index in [-0.39, 0.29) is 17.7 Å². The lowest BCUT2D eigenvalue weighted by Gasteiger charge is -2.25. The van der Waals surface area contributed by atoms with Crippen molar-refractivity contribution in [1.82, 2.24) is 5.32 Å². The van der Waals surface area contributed by atoms with E-state index in [0.29, 0.717) is 45.4 Å². The van der Waals surface area contributed by atoms with Gasteiger partial charge in [-0.05, 0) is 44.1 Å². The number of benzene rings is 1. The average Bonchev–Trinajstić information content (AvgIpc) is 2.61. The van der Waals surface area contributed by atoms with E-state index in [0.717, 1.165) is 12.8 Å². The molecule has 1 aromatic rings. The molecule has 0 bridgehead atoms. The third-order valence-electron chi connectivity index (χ3n) is 4.59. The van der Waals surface area contributed by atoms with E-state index in [1.165, 1.54) is 5.56 Å². The Balaban J connectivity index is 1.48. The normalized spacial score (nSPS) is 20.5. The van der Waals surface area contributed by atoms with Crippen molar-refractivity contribution in [3.05, 3.63) is 35.9 Å². The monoisotopic (exact) mass is 333 g/mol. The molecular formula is C19H27NO4. The van der Waals surface area contributed by atoms with Crippen LogP contribution in [0.5, 0.6) is 0 Å².